The second-order valence-corrected chi connectivity index (χ2v) is 5.15. The van der Waals surface area contributed by atoms with Crippen molar-refractivity contribution >= 4 is 17.0 Å². The Bertz CT molecular complexity index is 570. The Morgan fingerprint density at radius 3 is 3.06 bits per heavy atom. The predicted octanol–water partition coefficient (Wildman–Crippen LogP) is 2.52. The van der Waals surface area contributed by atoms with Gasteiger partial charge in [0.15, 0.2) is 0 Å². The van der Waals surface area contributed by atoms with Crippen LogP contribution < -0.4 is 5.73 Å². The van der Waals surface area contributed by atoms with Gasteiger partial charge in [0, 0.05) is 18.6 Å². The van der Waals surface area contributed by atoms with Gasteiger partial charge < -0.3 is 15.0 Å². The second kappa shape index (κ2) is 4.28. The summed E-state index contributed by atoms with van der Waals surface area (Å²) >= 11 is 0. The minimum absolute atomic E-state index is 0.332. The lowest BCUT2D eigenvalue weighted by Gasteiger charge is -2.21. The highest BCUT2D eigenvalue weighted by Crippen LogP contribution is 2.32. The topological polar surface area (TPSA) is 53.1 Å². The number of aromatic nitrogens is 2. The molecule has 1 aliphatic rings. The number of para-hydroxylation sites is 1. The summed E-state index contributed by atoms with van der Waals surface area (Å²) in [6.07, 6.45) is 1.10. The van der Waals surface area contributed by atoms with Crippen molar-refractivity contribution in [1.82, 2.24) is 9.55 Å². The fourth-order valence-electron chi connectivity index (χ4n) is 2.90. The van der Waals surface area contributed by atoms with E-state index in [1.54, 1.807) is 0 Å². The molecule has 0 aliphatic carbocycles. The molecule has 2 unspecified atom stereocenters. The van der Waals surface area contributed by atoms with Gasteiger partial charge in [-0.15, -0.1) is 0 Å². The minimum atomic E-state index is 0.332. The highest BCUT2D eigenvalue weighted by molar-refractivity contribution is 5.81. The Morgan fingerprint density at radius 2 is 2.33 bits per heavy atom. The van der Waals surface area contributed by atoms with Gasteiger partial charge in [-0.1, -0.05) is 12.1 Å². The van der Waals surface area contributed by atoms with Gasteiger partial charge in [-0.2, -0.15) is 0 Å². The first-order valence-electron chi connectivity index (χ1n) is 6.49. The van der Waals surface area contributed by atoms with E-state index in [-0.39, 0.29) is 0 Å². The van der Waals surface area contributed by atoms with Crippen LogP contribution in [0.1, 0.15) is 24.9 Å². The lowest BCUT2D eigenvalue weighted by molar-refractivity contribution is 0.176. The van der Waals surface area contributed by atoms with Crippen LogP contribution in [0.5, 0.6) is 0 Å². The first kappa shape index (κ1) is 11.5. The first-order chi connectivity index (χ1) is 8.68. The SMILES string of the molecule is Cc1cccc2nc(N)n(C(C)C3CCOC3)c12. The fraction of sp³-hybridized carbons (Fsp3) is 0.500. The molecule has 1 aromatic carbocycles. The van der Waals surface area contributed by atoms with Gasteiger partial charge in [-0.05, 0) is 31.9 Å². The van der Waals surface area contributed by atoms with Crippen molar-refractivity contribution in [1.29, 1.82) is 0 Å². The lowest BCUT2D eigenvalue weighted by Crippen LogP contribution is -2.18. The second-order valence-electron chi connectivity index (χ2n) is 5.15. The summed E-state index contributed by atoms with van der Waals surface area (Å²) in [7, 11) is 0. The highest BCUT2D eigenvalue weighted by atomic mass is 16.5. The zero-order valence-electron chi connectivity index (χ0n) is 10.9. The fourth-order valence-corrected chi connectivity index (χ4v) is 2.90. The normalized spacial score (nSPS) is 21.6. The molecule has 2 heterocycles. The number of fused-ring (bicyclic) bond motifs is 1. The lowest BCUT2D eigenvalue weighted by atomic mass is 10.00. The van der Waals surface area contributed by atoms with E-state index in [4.69, 9.17) is 10.5 Å². The molecule has 96 valence electrons. The third kappa shape index (κ3) is 1.68. The van der Waals surface area contributed by atoms with Gasteiger partial charge in [-0.3, -0.25) is 0 Å². The van der Waals surface area contributed by atoms with Gasteiger partial charge in [0.2, 0.25) is 5.95 Å². The number of hydrogen-bond donors (Lipinski definition) is 1. The molecule has 18 heavy (non-hydrogen) atoms. The van der Waals surface area contributed by atoms with E-state index < -0.39 is 0 Å². The number of hydrogen-bond acceptors (Lipinski definition) is 3. The molecule has 1 saturated heterocycles. The van der Waals surface area contributed by atoms with Crippen LogP contribution in [0.2, 0.25) is 0 Å². The van der Waals surface area contributed by atoms with Crippen LogP contribution in [0.15, 0.2) is 18.2 Å². The maximum atomic E-state index is 6.10. The summed E-state index contributed by atoms with van der Waals surface area (Å²) in [4.78, 5) is 4.47. The zero-order valence-corrected chi connectivity index (χ0v) is 10.9. The number of ether oxygens (including phenoxy) is 1. The summed E-state index contributed by atoms with van der Waals surface area (Å²) in [5.74, 6) is 1.14. The number of rotatable bonds is 2. The summed E-state index contributed by atoms with van der Waals surface area (Å²) in [5.41, 5.74) is 9.47. The number of nitrogen functional groups attached to an aromatic ring is 1. The molecule has 4 nitrogen and oxygen atoms in total. The van der Waals surface area contributed by atoms with Crippen molar-refractivity contribution < 1.29 is 4.74 Å². The van der Waals surface area contributed by atoms with E-state index in [9.17, 15) is 0 Å². The number of aryl methyl sites for hydroxylation is 1. The van der Waals surface area contributed by atoms with Gasteiger partial charge in [-0.25, -0.2) is 4.98 Å². The molecule has 1 fully saturated rings. The number of nitrogens with zero attached hydrogens (tertiary/aromatic N) is 2. The monoisotopic (exact) mass is 245 g/mol. The summed E-state index contributed by atoms with van der Waals surface area (Å²) in [5, 5.41) is 0. The molecular formula is C14H19N3O. The number of anilines is 1. The number of imidazole rings is 1. The standard InChI is InChI=1S/C14H19N3O/c1-9-4-3-5-12-13(9)17(14(15)16-12)10(2)11-6-7-18-8-11/h3-5,10-11H,6-8H2,1-2H3,(H2,15,16). The first-order valence-corrected chi connectivity index (χ1v) is 6.49. The molecule has 2 aromatic rings. The van der Waals surface area contributed by atoms with Gasteiger partial charge in [0.1, 0.15) is 0 Å². The van der Waals surface area contributed by atoms with Crippen molar-refractivity contribution in [3.63, 3.8) is 0 Å². The summed E-state index contributed by atoms with van der Waals surface area (Å²) in [6.45, 7) is 6.01. The summed E-state index contributed by atoms with van der Waals surface area (Å²) in [6, 6.07) is 6.49. The zero-order chi connectivity index (χ0) is 12.7. The Hall–Kier alpha value is -1.55. The molecule has 2 atom stereocenters. The van der Waals surface area contributed by atoms with Crippen LogP contribution in [-0.4, -0.2) is 22.8 Å². The molecule has 0 spiro atoms. The number of nitrogens with two attached hydrogens (primary N) is 1. The molecule has 0 saturated carbocycles. The Morgan fingerprint density at radius 1 is 1.50 bits per heavy atom. The quantitative estimate of drug-likeness (QED) is 0.884. The third-order valence-electron chi connectivity index (χ3n) is 3.99. The van der Waals surface area contributed by atoms with E-state index in [2.05, 4.69) is 29.5 Å². The maximum absolute atomic E-state index is 6.10. The van der Waals surface area contributed by atoms with E-state index >= 15 is 0 Å². The van der Waals surface area contributed by atoms with Gasteiger partial charge >= 0.3 is 0 Å². The number of benzene rings is 1. The van der Waals surface area contributed by atoms with Gasteiger partial charge in [0.25, 0.3) is 0 Å². The van der Waals surface area contributed by atoms with Crippen LogP contribution in [-0.2, 0) is 4.74 Å². The van der Waals surface area contributed by atoms with Crippen molar-refractivity contribution in [2.45, 2.75) is 26.3 Å². The van der Waals surface area contributed by atoms with E-state index in [1.807, 2.05) is 12.1 Å². The molecule has 1 aromatic heterocycles. The molecule has 0 radical (unpaired) electrons. The van der Waals surface area contributed by atoms with Crippen LogP contribution in [0, 0.1) is 12.8 Å². The molecule has 3 rings (SSSR count). The average molecular weight is 245 g/mol. The summed E-state index contributed by atoms with van der Waals surface area (Å²) < 4.78 is 7.65. The molecule has 1 aliphatic heterocycles. The van der Waals surface area contributed by atoms with E-state index in [0.29, 0.717) is 17.9 Å². The minimum Gasteiger partial charge on any atom is -0.381 e. The van der Waals surface area contributed by atoms with Gasteiger partial charge in [0.05, 0.1) is 17.6 Å². The van der Waals surface area contributed by atoms with Crippen LogP contribution >= 0.6 is 0 Å². The predicted molar refractivity (Wildman–Crippen MR) is 72.5 cm³/mol. The third-order valence-corrected chi connectivity index (χ3v) is 3.99. The van der Waals surface area contributed by atoms with Crippen molar-refractivity contribution in [3.05, 3.63) is 23.8 Å². The average Bonchev–Trinajstić information content (AvgIpc) is 2.95. The van der Waals surface area contributed by atoms with E-state index in [1.165, 1.54) is 5.56 Å². The Kier molecular flexibility index (Phi) is 2.74. The molecule has 0 bridgehead atoms. The van der Waals surface area contributed by atoms with Crippen LogP contribution in [0.25, 0.3) is 11.0 Å². The molecular weight excluding hydrogens is 226 g/mol. The molecule has 2 N–H and O–H groups in total. The van der Waals surface area contributed by atoms with Crippen LogP contribution in [0.4, 0.5) is 5.95 Å². The van der Waals surface area contributed by atoms with Crippen molar-refractivity contribution in [2.24, 2.45) is 5.92 Å². The molecule has 0 amide bonds. The smallest absolute Gasteiger partial charge is 0.201 e. The molecule has 4 heteroatoms. The highest BCUT2D eigenvalue weighted by Gasteiger charge is 2.26. The van der Waals surface area contributed by atoms with Crippen molar-refractivity contribution in [3.8, 4) is 0 Å². The Balaban J connectivity index is 2.12. The Labute approximate surface area is 107 Å². The van der Waals surface area contributed by atoms with Crippen LogP contribution in [0.3, 0.4) is 0 Å². The van der Waals surface area contributed by atoms with E-state index in [0.717, 1.165) is 30.7 Å². The van der Waals surface area contributed by atoms with Crippen molar-refractivity contribution in [2.75, 3.05) is 18.9 Å². The maximum Gasteiger partial charge on any atom is 0.201 e. The largest absolute Gasteiger partial charge is 0.381 e.